The van der Waals surface area contributed by atoms with E-state index in [1.54, 1.807) is 13.0 Å². The largest absolute Gasteiger partial charge is 0.387 e. The second-order valence-electron chi connectivity index (χ2n) is 4.10. The molecule has 0 saturated heterocycles. The van der Waals surface area contributed by atoms with Crippen molar-refractivity contribution in [2.75, 3.05) is 18.6 Å². The molecule has 0 aromatic carbocycles. The molecule has 7 heteroatoms. The number of nitrogens with one attached hydrogen (secondary N) is 1. The third kappa shape index (κ3) is 4.76. The quantitative estimate of drug-likeness (QED) is 0.798. The highest BCUT2D eigenvalue weighted by Gasteiger charge is 2.21. The lowest BCUT2D eigenvalue weighted by atomic mass is 10.1. The summed E-state index contributed by atoms with van der Waals surface area (Å²) in [5.41, 5.74) is -0.607. The fourth-order valence-electron chi connectivity index (χ4n) is 1.32. The predicted molar refractivity (Wildman–Crippen MR) is 78.3 cm³/mol. The van der Waals surface area contributed by atoms with Gasteiger partial charge in [-0.05, 0) is 35.2 Å². The summed E-state index contributed by atoms with van der Waals surface area (Å²) in [6.07, 6.45) is 3.30. The Bertz CT molecular complexity index is 443. The average Bonchev–Trinajstić information content (AvgIpc) is 2.29. The van der Waals surface area contributed by atoms with Crippen molar-refractivity contribution in [3.63, 3.8) is 0 Å². The van der Waals surface area contributed by atoms with E-state index in [1.807, 2.05) is 6.26 Å². The monoisotopic (exact) mass is 352 g/mol. The molecule has 0 bridgehead atoms. The van der Waals surface area contributed by atoms with Crippen LogP contribution < -0.4 is 5.32 Å². The van der Waals surface area contributed by atoms with Crippen LogP contribution in [0, 0.1) is 0 Å². The zero-order valence-electron chi connectivity index (χ0n) is 10.0. The molecule has 0 unspecified atom stereocenters. The number of carbonyl (C=O) groups is 1. The van der Waals surface area contributed by atoms with Gasteiger partial charge in [-0.15, -0.1) is 0 Å². The average molecular weight is 354 g/mol. The van der Waals surface area contributed by atoms with Gasteiger partial charge in [-0.1, -0.05) is 11.6 Å². The Morgan fingerprint density at radius 1 is 1.72 bits per heavy atom. The fourth-order valence-corrected chi connectivity index (χ4v) is 2.56. The maximum atomic E-state index is 11.9. The van der Waals surface area contributed by atoms with Crippen molar-refractivity contribution in [2.45, 2.75) is 12.5 Å². The van der Waals surface area contributed by atoms with E-state index in [9.17, 15) is 9.90 Å². The highest BCUT2D eigenvalue weighted by Crippen LogP contribution is 2.18. The van der Waals surface area contributed by atoms with Crippen LogP contribution in [-0.2, 0) is 0 Å². The van der Waals surface area contributed by atoms with Crippen molar-refractivity contribution in [3.8, 4) is 0 Å². The molecule has 0 aliphatic heterocycles. The summed E-state index contributed by atoms with van der Waals surface area (Å²) in [5.74, 6) is 0.214. The second kappa shape index (κ2) is 6.75. The molecule has 1 rings (SSSR count). The predicted octanol–water partition coefficient (Wildman–Crippen LogP) is 2.34. The van der Waals surface area contributed by atoms with E-state index < -0.39 is 5.60 Å². The van der Waals surface area contributed by atoms with Crippen LogP contribution in [0.4, 0.5) is 0 Å². The van der Waals surface area contributed by atoms with Gasteiger partial charge in [0.15, 0.2) is 0 Å². The lowest BCUT2D eigenvalue weighted by molar-refractivity contribution is 0.0725. The molecule has 0 radical (unpaired) electrons. The standard InChI is InChI=1S/C11H14BrClN2O2S/c1-11(17,6-18-2)5-15-10(16)7-3-9(12)14-4-8(7)13/h3-4,17H,5-6H2,1-2H3,(H,15,16)/t11-/m1/s1. The second-order valence-corrected chi connectivity index (χ2v) is 6.19. The van der Waals surface area contributed by atoms with Gasteiger partial charge >= 0.3 is 0 Å². The molecule has 2 N–H and O–H groups in total. The van der Waals surface area contributed by atoms with Crippen LogP contribution in [0.25, 0.3) is 0 Å². The van der Waals surface area contributed by atoms with Crippen LogP contribution >= 0.6 is 39.3 Å². The Hall–Kier alpha value is -0.300. The molecule has 1 atom stereocenters. The van der Waals surface area contributed by atoms with Gasteiger partial charge in [0.05, 0.1) is 16.2 Å². The number of aliphatic hydroxyl groups is 1. The van der Waals surface area contributed by atoms with Gasteiger partial charge in [0.2, 0.25) is 0 Å². The number of pyridine rings is 1. The first-order chi connectivity index (χ1) is 8.35. The maximum absolute atomic E-state index is 11.9. The third-order valence-electron chi connectivity index (χ3n) is 2.15. The van der Waals surface area contributed by atoms with Gasteiger partial charge in [-0.3, -0.25) is 4.79 Å². The molecule has 4 nitrogen and oxygen atoms in total. The normalized spacial score (nSPS) is 14.1. The molecule has 0 spiro atoms. The van der Waals surface area contributed by atoms with Crippen molar-refractivity contribution < 1.29 is 9.90 Å². The first-order valence-electron chi connectivity index (χ1n) is 5.16. The molecule has 0 aliphatic carbocycles. The third-order valence-corrected chi connectivity index (χ3v) is 3.80. The van der Waals surface area contributed by atoms with Crippen molar-refractivity contribution in [1.82, 2.24) is 10.3 Å². The molecular formula is C11H14BrClN2O2S. The number of halogens is 2. The summed E-state index contributed by atoms with van der Waals surface area (Å²) >= 11 is 10.6. The highest BCUT2D eigenvalue weighted by atomic mass is 79.9. The molecule has 100 valence electrons. The minimum absolute atomic E-state index is 0.170. The van der Waals surface area contributed by atoms with Crippen LogP contribution in [0.3, 0.4) is 0 Å². The van der Waals surface area contributed by atoms with Crippen LogP contribution in [0.2, 0.25) is 5.02 Å². The lowest BCUT2D eigenvalue weighted by Gasteiger charge is -2.22. The van der Waals surface area contributed by atoms with Gasteiger partial charge in [0, 0.05) is 18.5 Å². The number of thioether (sulfide) groups is 1. The molecule has 0 fully saturated rings. The zero-order chi connectivity index (χ0) is 13.8. The van der Waals surface area contributed by atoms with Gasteiger partial charge in [-0.2, -0.15) is 11.8 Å². The summed E-state index contributed by atoms with van der Waals surface area (Å²) in [6, 6.07) is 1.54. The SMILES string of the molecule is CSC[C@](C)(O)CNC(=O)c1cc(Br)ncc1Cl. The number of aromatic nitrogens is 1. The minimum atomic E-state index is -0.939. The van der Waals surface area contributed by atoms with Crippen LogP contribution in [0.15, 0.2) is 16.9 Å². The molecular weight excluding hydrogens is 340 g/mol. The minimum Gasteiger partial charge on any atom is -0.387 e. The van der Waals surface area contributed by atoms with Gasteiger partial charge in [-0.25, -0.2) is 4.98 Å². The Morgan fingerprint density at radius 2 is 2.39 bits per heavy atom. The maximum Gasteiger partial charge on any atom is 0.253 e. The molecule has 1 aromatic heterocycles. The van der Waals surface area contributed by atoms with Gasteiger partial charge in [0.1, 0.15) is 4.60 Å². The van der Waals surface area contributed by atoms with Gasteiger partial charge < -0.3 is 10.4 Å². The number of rotatable bonds is 5. The van der Waals surface area contributed by atoms with Crippen molar-refractivity contribution in [2.24, 2.45) is 0 Å². The van der Waals surface area contributed by atoms with Crippen LogP contribution in [0.1, 0.15) is 17.3 Å². The smallest absolute Gasteiger partial charge is 0.253 e. The number of hydrogen-bond acceptors (Lipinski definition) is 4. The Labute approximate surface area is 124 Å². The summed E-state index contributed by atoms with van der Waals surface area (Å²) in [5, 5.41) is 12.9. The molecule has 1 amide bonds. The highest BCUT2D eigenvalue weighted by molar-refractivity contribution is 9.10. The summed E-state index contributed by atoms with van der Waals surface area (Å²) in [7, 11) is 0. The zero-order valence-corrected chi connectivity index (χ0v) is 13.2. The van der Waals surface area contributed by atoms with Crippen LogP contribution in [-0.4, -0.2) is 40.2 Å². The number of hydrogen-bond donors (Lipinski definition) is 2. The molecule has 0 aliphatic rings. The lowest BCUT2D eigenvalue weighted by Crippen LogP contribution is -2.42. The van der Waals surface area contributed by atoms with E-state index in [0.29, 0.717) is 15.9 Å². The first kappa shape index (κ1) is 15.8. The molecule has 1 aromatic rings. The van der Waals surface area contributed by atoms with E-state index >= 15 is 0 Å². The summed E-state index contributed by atoms with van der Waals surface area (Å²) < 4.78 is 0.535. The van der Waals surface area contributed by atoms with E-state index in [2.05, 4.69) is 26.2 Å². The molecule has 18 heavy (non-hydrogen) atoms. The Kier molecular flexibility index (Phi) is 5.91. The summed E-state index contributed by atoms with van der Waals surface area (Å²) in [6.45, 7) is 1.84. The van der Waals surface area contributed by atoms with Gasteiger partial charge in [0.25, 0.3) is 5.91 Å². The fraction of sp³-hybridized carbons (Fsp3) is 0.455. The number of amides is 1. The first-order valence-corrected chi connectivity index (χ1v) is 7.73. The number of carbonyl (C=O) groups excluding carboxylic acids is 1. The van der Waals surface area contributed by atoms with E-state index in [0.717, 1.165) is 0 Å². The summed E-state index contributed by atoms with van der Waals surface area (Å²) in [4.78, 5) is 15.8. The van der Waals surface area contributed by atoms with E-state index in [1.165, 1.54) is 18.0 Å². The van der Waals surface area contributed by atoms with Crippen molar-refractivity contribution in [1.29, 1.82) is 0 Å². The number of nitrogens with zero attached hydrogens (tertiary/aromatic N) is 1. The van der Waals surface area contributed by atoms with Crippen LogP contribution in [0.5, 0.6) is 0 Å². The topological polar surface area (TPSA) is 62.2 Å². The molecule has 0 saturated carbocycles. The van der Waals surface area contributed by atoms with E-state index in [-0.39, 0.29) is 17.5 Å². The van der Waals surface area contributed by atoms with Crippen molar-refractivity contribution >= 4 is 45.2 Å². The Balaban J connectivity index is 2.69. The Morgan fingerprint density at radius 3 is 3.00 bits per heavy atom. The van der Waals surface area contributed by atoms with E-state index in [4.69, 9.17) is 11.6 Å². The molecule has 1 heterocycles. The van der Waals surface area contributed by atoms with Crippen molar-refractivity contribution in [3.05, 3.63) is 27.5 Å².